The molecule has 120 valence electrons. The van der Waals surface area contributed by atoms with Crippen molar-refractivity contribution in [2.24, 2.45) is 0 Å². The van der Waals surface area contributed by atoms with E-state index in [0.717, 1.165) is 12.0 Å². The first-order valence-corrected chi connectivity index (χ1v) is 8.77. The van der Waals surface area contributed by atoms with Crippen LogP contribution in [0.25, 0.3) is 0 Å². The highest BCUT2D eigenvalue weighted by atomic mass is 35.5. The van der Waals surface area contributed by atoms with E-state index < -0.39 is 16.1 Å². The molecule has 0 aliphatic carbocycles. The van der Waals surface area contributed by atoms with Crippen molar-refractivity contribution in [2.75, 3.05) is 13.2 Å². The second-order valence-electron chi connectivity index (χ2n) is 4.81. The smallest absolute Gasteiger partial charge is 0.244 e. The number of rotatable bonds is 8. The fourth-order valence-electron chi connectivity index (χ4n) is 1.70. The van der Waals surface area contributed by atoms with Gasteiger partial charge in [0.1, 0.15) is 10.6 Å². The zero-order chi connectivity index (χ0) is 16.0. The molecule has 1 rings (SSSR count). The summed E-state index contributed by atoms with van der Waals surface area (Å²) in [6.45, 7) is 5.67. The minimum absolute atomic E-state index is 0.00144. The van der Waals surface area contributed by atoms with Gasteiger partial charge in [-0.05, 0) is 37.5 Å². The Labute approximate surface area is 131 Å². The molecule has 0 amide bonds. The van der Waals surface area contributed by atoms with E-state index in [-0.39, 0.29) is 17.3 Å². The van der Waals surface area contributed by atoms with Gasteiger partial charge in [0.25, 0.3) is 0 Å². The van der Waals surface area contributed by atoms with Crippen LogP contribution in [-0.2, 0) is 10.0 Å². The molecule has 1 aromatic carbocycles. The number of halogens is 1. The molecule has 7 heteroatoms. The molecule has 21 heavy (non-hydrogen) atoms. The molecule has 0 fully saturated rings. The van der Waals surface area contributed by atoms with Crippen molar-refractivity contribution in [3.63, 3.8) is 0 Å². The summed E-state index contributed by atoms with van der Waals surface area (Å²) in [5, 5.41) is 9.52. The van der Waals surface area contributed by atoms with Gasteiger partial charge >= 0.3 is 0 Å². The molecule has 0 aromatic heterocycles. The highest BCUT2D eigenvalue weighted by molar-refractivity contribution is 7.89. The number of hydrogen-bond acceptors (Lipinski definition) is 4. The number of hydrogen-bond donors (Lipinski definition) is 2. The zero-order valence-electron chi connectivity index (χ0n) is 12.5. The SMILES string of the molecule is CCCOc1cc(C)c(Cl)cc1S(=O)(=O)N[C@@H](CC)CO. The number of benzene rings is 1. The largest absolute Gasteiger partial charge is 0.492 e. The summed E-state index contributed by atoms with van der Waals surface area (Å²) >= 11 is 6.03. The fourth-order valence-corrected chi connectivity index (χ4v) is 3.40. The van der Waals surface area contributed by atoms with E-state index in [2.05, 4.69) is 4.72 Å². The molecule has 2 N–H and O–H groups in total. The third kappa shape index (κ3) is 4.85. The molecule has 1 atom stereocenters. The van der Waals surface area contributed by atoms with Crippen molar-refractivity contribution in [2.45, 2.75) is 44.6 Å². The Balaban J connectivity index is 3.22. The maximum absolute atomic E-state index is 12.4. The topological polar surface area (TPSA) is 75.6 Å². The average molecular weight is 336 g/mol. The van der Waals surface area contributed by atoms with Gasteiger partial charge in [0.15, 0.2) is 0 Å². The number of sulfonamides is 1. The van der Waals surface area contributed by atoms with Crippen molar-refractivity contribution in [3.8, 4) is 5.75 Å². The Morgan fingerprint density at radius 1 is 1.38 bits per heavy atom. The lowest BCUT2D eigenvalue weighted by Crippen LogP contribution is -2.37. The lowest BCUT2D eigenvalue weighted by atomic mass is 10.2. The van der Waals surface area contributed by atoms with Crippen LogP contribution >= 0.6 is 11.6 Å². The lowest BCUT2D eigenvalue weighted by molar-refractivity contribution is 0.253. The first kappa shape index (κ1) is 18.2. The Bertz CT molecular complexity index is 571. The van der Waals surface area contributed by atoms with Crippen LogP contribution in [0.1, 0.15) is 32.3 Å². The predicted molar refractivity (Wildman–Crippen MR) is 83.5 cm³/mol. The molecule has 0 saturated heterocycles. The Hall–Kier alpha value is -0.820. The predicted octanol–water partition coefficient (Wildman–Crippen LogP) is 2.49. The van der Waals surface area contributed by atoms with Gasteiger partial charge in [0.2, 0.25) is 10.0 Å². The summed E-state index contributed by atoms with van der Waals surface area (Å²) < 4.78 is 32.9. The Morgan fingerprint density at radius 2 is 2.05 bits per heavy atom. The summed E-state index contributed by atoms with van der Waals surface area (Å²) in [7, 11) is -3.80. The molecule has 0 heterocycles. The quantitative estimate of drug-likeness (QED) is 0.765. The van der Waals surface area contributed by atoms with Crippen LogP contribution in [0.5, 0.6) is 5.75 Å². The fraction of sp³-hybridized carbons (Fsp3) is 0.571. The lowest BCUT2D eigenvalue weighted by Gasteiger charge is -2.17. The average Bonchev–Trinajstić information content (AvgIpc) is 2.45. The molecule has 1 aromatic rings. The summed E-state index contributed by atoms with van der Waals surface area (Å²) in [5.41, 5.74) is 0.746. The monoisotopic (exact) mass is 335 g/mol. The number of aliphatic hydroxyl groups excluding tert-OH is 1. The molecule has 0 bridgehead atoms. The van der Waals surface area contributed by atoms with E-state index in [1.165, 1.54) is 6.07 Å². The van der Waals surface area contributed by atoms with E-state index in [9.17, 15) is 8.42 Å². The van der Waals surface area contributed by atoms with Crippen LogP contribution in [0.3, 0.4) is 0 Å². The third-order valence-corrected chi connectivity index (χ3v) is 4.96. The Kier molecular flexibility index (Phi) is 6.93. The molecule has 0 aliphatic heterocycles. The standard InChI is InChI=1S/C14H22ClNO4S/c1-4-6-20-13-7-10(3)12(15)8-14(13)21(18,19)16-11(5-2)9-17/h7-8,11,16-17H,4-6,9H2,1-3H3/t11-/m0/s1. The first-order chi connectivity index (χ1) is 9.85. The van der Waals surface area contributed by atoms with Gasteiger partial charge in [-0.2, -0.15) is 0 Å². The summed E-state index contributed by atoms with van der Waals surface area (Å²) in [6.07, 6.45) is 1.25. The van der Waals surface area contributed by atoms with Crippen molar-refractivity contribution in [1.29, 1.82) is 0 Å². The number of ether oxygens (including phenoxy) is 1. The van der Waals surface area contributed by atoms with Crippen LogP contribution in [-0.4, -0.2) is 32.8 Å². The highest BCUT2D eigenvalue weighted by Crippen LogP contribution is 2.30. The van der Waals surface area contributed by atoms with E-state index >= 15 is 0 Å². The van der Waals surface area contributed by atoms with Crippen LogP contribution in [0, 0.1) is 6.92 Å². The molecular weight excluding hydrogens is 314 g/mol. The first-order valence-electron chi connectivity index (χ1n) is 6.91. The van der Waals surface area contributed by atoms with Gasteiger partial charge < -0.3 is 9.84 Å². The van der Waals surface area contributed by atoms with Crippen LogP contribution < -0.4 is 9.46 Å². The number of aliphatic hydroxyl groups is 1. The van der Waals surface area contributed by atoms with Gasteiger partial charge in [-0.15, -0.1) is 0 Å². The van der Waals surface area contributed by atoms with Gasteiger partial charge in [-0.25, -0.2) is 13.1 Å². The van der Waals surface area contributed by atoms with E-state index in [0.29, 0.717) is 18.1 Å². The zero-order valence-corrected chi connectivity index (χ0v) is 14.1. The summed E-state index contributed by atoms with van der Waals surface area (Å²) in [4.78, 5) is -0.00144. The van der Waals surface area contributed by atoms with E-state index in [1.807, 2.05) is 6.92 Å². The molecule has 0 spiro atoms. The van der Waals surface area contributed by atoms with Crippen molar-refractivity contribution in [3.05, 3.63) is 22.7 Å². The molecule has 0 radical (unpaired) electrons. The molecule has 0 aliphatic rings. The summed E-state index contributed by atoms with van der Waals surface area (Å²) in [6, 6.07) is 2.47. The molecule has 5 nitrogen and oxygen atoms in total. The molecule has 0 saturated carbocycles. The maximum Gasteiger partial charge on any atom is 0.244 e. The van der Waals surface area contributed by atoms with Gasteiger partial charge in [-0.1, -0.05) is 25.4 Å². The van der Waals surface area contributed by atoms with Crippen LogP contribution in [0.15, 0.2) is 17.0 Å². The van der Waals surface area contributed by atoms with E-state index in [4.69, 9.17) is 21.4 Å². The second kappa shape index (κ2) is 7.98. The second-order valence-corrected chi connectivity index (χ2v) is 6.90. The molecular formula is C14H22ClNO4S. The minimum atomic E-state index is -3.80. The van der Waals surface area contributed by atoms with Crippen molar-refractivity contribution in [1.82, 2.24) is 4.72 Å². The maximum atomic E-state index is 12.4. The van der Waals surface area contributed by atoms with E-state index in [1.54, 1.807) is 19.9 Å². The summed E-state index contributed by atoms with van der Waals surface area (Å²) in [5.74, 6) is 0.277. The van der Waals surface area contributed by atoms with Crippen molar-refractivity contribution >= 4 is 21.6 Å². The minimum Gasteiger partial charge on any atom is -0.492 e. The van der Waals surface area contributed by atoms with Gasteiger partial charge in [0.05, 0.1) is 13.2 Å². The van der Waals surface area contributed by atoms with Crippen LogP contribution in [0.2, 0.25) is 5.02 Å². The number of nitrogens with one attached hydrogen (secondary N) is 1. The Morgan fingerprint density at radius 3 is 2.57 bits per heavy atom. The normalized spacial score (nSPS) is 13.2. The molecule has 0 unspecified atom stereocenters. The third-order valence-electron chi connectivity index (χ3n) is 3.01. The highest BCUT2D eigenvalue weighted by Gasteiger charge is 2.24. The number of aryl methyl sites for hydroxylation is 1. The van der Waals surface area contributed by atoms with Crippen LogP contribution in [0.4, 0.5) is 0 Å². The van der Waals surface area contributed by atoms with Gasteiger partial charge in [0, 0.05) is 11.1 Å². The van der Waals surface area contributed by atoms with Crippen molar-refractivity contribution < 1.29 is 18.3 Å². The van der Waals surface area contributed by atoms with Gasteiger partial charge in [-0.3, -0.25) is 0 Å².